The summed E-state index contributed by atoms with van der Waals surface area (Å²) in [5.74, 6) is -1.20. The van der Waals surface area contributed by atoms with Crippen molar-refractivity contribution >= 4 is 35.5 Å². The van der Waals surface area contributed by atoms with Gasteiger partial charge in [-0.3, -0.25) is 14.9 Å². The topological polar surface area (TPSA) is 102 Å². The van der Waals surface area contributed by atoms with E-state index in [4.69, 9.17) is 4.74 Å². The normalized spacial score (nSPS) is 10.2. The molecule has 0 aromatic heterocycles. The Kier molecular flexibility index (Phi) is 7.97. The van der Waals surface area contributed by atoms with Crippen LogP contribution in [0, 0.1) is 0 Å². The number of Topliss-reactive ketones (excluding diaryl/α,β-unsaturated/α-hetero) is 1. The number of amides is 3. The van der Waals surface area contributed by atoms with Crippen molar-refractivity contribution in [3.63, 3.8) is 0 Å². The number of urea groups is 1. The number of imide groups is 1. The number of ether oxygens (including phenoxy) is 1. The summed E-state index contributed by atoms with van der Waals surface area (Å²) in [4.78, 5) is 46.7. The molecule has 8 heteroatoms. The second-order valence-electron chi connectivity index (χ2n) is 5.24. The highest BCUT2D eigenvalue weighted by atomic mass is 32.2. The molecule has 0 saturated heterocycles. The summed E-state index contributed by atoms with van der Waals surface area (Å²) < 4.78 is 4.91. The van der Waals surface area contributed by atoms with Crippen LogP contribution < -0.4 is 10.6 Å². The Morgan fingerprint density at radius 2 is 1.83 bits per heavy atom. The number of hydrogen-bond acceptors (Lipinski definition) is 6. The quantitative estimate of drug-likeness (QED) is 0.573. The maximum atomic E-state index is 12.1. The Morgan fingerprint density at radius 1 is 1.17 bits per heavy atom. The standard InChI is InChI=1S/C16H20N2O5S/c1-10(2)17-16(22)18-14(20)8-23-15(21)12-6-4-5-7-13(12)24-9-11(3)19/h4-7,10H,8-9H2,1-3H3,(H2,17,18,20,22). The average molecular weight is 352 g/mol. The van der Waals surface area contributed by atoms with Gasteiger partial charge in [0.05, 0.1) is 11.3 Å². The van der Waals surface area contributed by atoms with Crippen molar-refractivity contribution in [2.45, 2.75) is 31.7 Å². The average Bonchev–Trinajstić information content (AvgIpc) is 2.50. The lowest BCUT2D eigenvalue weighted by Gasteiger charge is -2.10. The van der Waals surface area contributed by atoms with Gasteiger partial charge >= 0.3 is 12.0 Å². The van der Waals surface area contributed by atoms with Gasteiger partial charge in [-0.15, -0.1) is 11.8 Å². The molecule has 1 rings (SSSR count). The molecule has 0 aliphatic carbocycles. The van der Waals surface area contributed by atoms with Crippen molar-refractivity contribution in [3.05, 3.63) is 29.8 Å². The summed E-state index contributed by atoms with van der Waals surface area (Å²) >= 11 is 1.22. The van der Waals surface area contributed by atoms with Crippen molar-refractivity contribution in [2.75, 3.05) is 12.4 Å². The first kappa shape index (κ1) is 19.7. The Balaban J connectivity index is 2.57. The molecule has 3 amide bonds. The number of carbonyl (C=O) groups excluding carboxylic acids is 4. The van der Waals surface area contributed by atoms with E-state index in [9.17, 15) is 19.2 Å². The van der Waals surface area contributed by atoms with E-state index in [0.717, 1.165) is 0 Å². The number of carbonyl (C=O) groups is 4. The Hall–Kier alpha value is -2.35. The lowest BCUT2D eigenvalue weighted by molar-refractivity contribution is -0.123. The van der Waals surface area contributed by atoms with Crippen LogP contribution in [0.4, 0.5) is 4.79 Å². The van der Waals surface area contributed by atoms with Crippen molar-refractivity contribution < 1.29 is 23.9 Å². The fourth-order valence-corrected chi connectivity index (χ4v) is 2.45. The fourth-order valence-electron chi connectivity index (χ4n) is 1.61. The molecule has 2 N–H and O–H groups in total. The third kappa shape index (κ3) is 7.28. The van der Waals surface area contributed by atoms with Gasteiger partial charge in [0.15, 0.2) is 6.61 Å². The minimum atomic E-state index is -0.727. The van der Waals surface area contributed by atoms with Crippen molar-refractivity contribution in [3.8, 4) is 0 Å². The summed E-state index contributed by atoms with van der Waals surface area (Å²) in [5.41, 5.74) is 0.267. The Labute approximate surface area is 144 Å². The third-order valence-electron chi connectivity index (χ3n) is 2.54. The lowest BCUT2D eigenvalue weighted by Crippen LogP contribution is -2.44. The van der Waals surface area contributed by atoms with Crippen LogP contribution in [0.3, 0.4) is 0 Å². The monoisotopic (exact) mass is 352 g/mol. The molecule has 0 fully saturated rings. The van der Waals surface area contributed by atoms with Gasteiger partial charge in [-0.2, -0.15) is 0 Å². The van der Waals surface area contributed by atoms with Crippen LogP contribution in [0.2, 0.25) is 0 Å². The van der Waals surface area contributed by atoms with E-state index >= 15 is 0 Å². The molecule has 1 aromatic carbocycles. The summed E-state index contributed by atoms with van der Waals surface area (Å²) in [6, 6.07) is 5.87. The van der Waals surface area contributed by atoms with Gasteiger partial charge < -0.3 is 10.1 Å². The van der Waals surface area contributed by atoms with E-state index in [2.05, 4.69) is 10.6 Å². The summed E-state index contributed by atoms with van der Waals surface area (Å²) in [6.45, 7) is 4.38. The van der Waals surface area contributed by atoms with Gasteiger partial charge in [-0.05, 0) is 32.9 Å². The minimum Gasteiger partial charge on any atom is -0.452 e. The highest BCUT2D eigenvalue weighted by molar-refractivity contribution is 8.00. The van der Waals surface area contributed by atoms with Crippen LogP contribution in [0.15, 0.2) is 29.2 Å². The van der Waals surface area contributed by atoms with Gasteiger partial charge in [0, 0.05) is 10.9 Å². The van der Waals surface area contributed by atoms with Crippen LogP contribution in [0.1, 0.15) is 31.1 Å². The summed E-state index contributed by atoms with van der Waals surface area (Å²) in [7, 11) is 0. The molecule has 130 valence electrons. The molecule has 0 aliphatic rings. The third-order valence-corrected chi connectivity index (χ3v) is 3.76. The number of esters is 1. The first-order valence-corrected chi connectivity index (χ1v) is 8.27. The Morgan fingerprint density at radius 3 is 2.46 bits per heavy atom. The van der Waals surface area contributed by atoms with E-state index in [1.807, 2.05) is 0 Å². The SMILES string of the molecule is CC(=O)CSc1ccccc1C(=O)OCC(=O)NC(=O)NC(C)C. The smallest absolute Gasteiger partial charge is 0.339 e. The predicted octanol–water partition coefficient (Wildman–Crippen LogP) is 1.76. The molecule has 0 unspecified atom stereocenters. The zero-order valence-corrected chi connectivity index (χ0v) is 14.6. The molecule has 0 aliphatic heterocycles. The second-order valence-corrected chi connectivity index (χ2v) is 6.26. The Bertz CT molecular complexity index is 631. The largest absolute Gasteiger partial charge is 0.452 e. The van der Waals surface area contributed by atoms with E-state index in [-0.39, 0.29) is 23.1 Å². The summed E-state index contributed by atoms with van der Waals surface area (Å²) in [5, 5.41) is 4.54. The maximum absolute atomic E-state index is 12.1. The highest BCUT2D eigenvalue weighted by Crippen LogP contribution is 2.23. The zero-order valence-electron chi connectivity index (χ0n) is 13.8. The lowest BCUT2D eigenvalue weighted by atomic mass is 10.2. The first-order chi connectivity index (χ1) is 11.3. The number of rotatable bonds is 7. The molecule has 0 radical (unpaired) electrons. The minimum absolute atomic E-state index is 0.0151. The molecule has 7 nitrogen and oxygen atoms in total. The molecule has 1 aromatic rings. The van der Waals surface area contributed by atoms with Gasteiger partial charge in [-0.25, -0.2) is 9.59 Å². The van der Waals surface area contributed by atoms with Crippen LogP contribution in [-0.4, -0.2) is 42.1 Å². The van der Waals surface area contributed by atoms with Crippen LogP contribution >= 0.6 is 11.8 Å². The maximum Gasteiger partial charge on any atom is 0.339 e. The fraction of sp³-hybridized carbons (Fsp3) is 0.375. The van der Waals surface area contributed by atoms with E-state index in [1.54, 1.807) is 38.1 Å². The van der Waals surface area contributed by atoms with Crippen molar-refractivity contribution in [2.24, 2.45) is 0 Å². The van der Waals surface area contributed by atoms with Crippen LogP contribution in [-0.2, 0) is 14.3 Å². The van der Waals surface area contributed by atoms with Gasteiger partial charge in [0.1, 0.15) is 5.78 Å². The number of ketones is 1. The van der Waals surface area contributed by atoms with Crippen molar-refractivity contribution in [1.82, 2.24) is 10.6 Å². The molecular weight excluding hydrogens is 332 g/mol. The highest BCUT2D eigenvalue weighted by Gasteiger charge is 2.16. The molecule has 0 spiro atoms. The molecule has 24 heavy (non-hydrogen) atoms. The molecule has 0 bridgehead atoms. The van der Waals surface area contributed by atoms with Gasteiger partial charge in [0.2, 0.25) is 0 Å². The van der Waals surface area contributed by atoms with Crippen LogP contribution in [0.5, 0.6) is 0 Å². The van der Waals surface area contributed by atoms with Gasteiger partial charge in [0.25, 0.3) is 5.91 Å². The van der Waals surface area contributed by atoms with Crippen LogP contribution in [0.25, 0.3) is 0 Å². The molecule has 0 heterocycles. The van der Waals surface area contributed by atoms with E-state index < -0.39 is 24.5 Å². The number of thioether (sulfide) groups is 1. The summed E-state index contributed by atoms with van der Waals surface area (Å²) in [6.07, 6.45) is 0. The molecule has 0 saturated carbocycles. The zero-order chi connectivity index (χ0) is 18.1. The first-order valence-electron chi connectivity index (χ1n) is 7.28. The van der Waals surface area contributed by atoms with Crippen molar-refractivity contribution in [1.29, 1.82) is 0 Å². The number of hydrogen-bond donors (Lipinski definition) is 2. The number of nitrogens with one attached hydrogen (secondary N) is 2. The second kappa shape index (κ2) is 9.71. The molecule has 0 atom stereocenters. The number of benzene rings is 1. The molecular formula is C16H20N2O5S. The van der Waals surface area contributed by atoms with Gasteiger partial charge in [-0.1, -0.05) is 12.1 Å². The van der Waals surface area contributed by atoms with E-state index in [1.165, 1.54) is 18.7 Å². The van der Waals surface area contributed by atoms with E-state index in [0.29, 0.717) is 4.90 Å². The predicted molar refractivity (Wildman–Crippen MR) is 89.9 cm³/mol.